The molecule has 3 atom stereocenters. The molecule has 0 aliphatic heterocycles. The average Bonchev–Trinajstić information content (AvgIpc) is 2.74. The Morgan fingerprint density at radius 1 is 0.794 bits per heavy atom. The van der Waals surface area contributed by atoms with Crippen molar-refractivity contribution in [1.82, 2.24) is 0 Å². The predicted octanol–water partition coefficient (Wildman–Crippen LogP) is 5.88. The van der Waals surface area contributed by atoms with Crippen LogP contribution in [-0.4, -0.2) is 34.2 Å². The topological polar surface area (TPSA) is 83.8 Å². The van der Waals surface area contributed by atoms with Crippen molar-refractivity contribution in [2.24, 2.45) is 5.92 Å². The van der Waals surface area contributed by atoms with Gasteiger partial charge in [0.25, 0.3) is 5.78 Å². The first kappa shape index (κ1) is 29.5. The molecule has 0 heterocycles. The Balaban J connectivity index is 0.000000445. The summed E-state index contributed by atoms with van der Waals surface area (Å²) >= 11 is 0. The third-order valence-electron chi connectivity index (χ3n) is 6.11. The maximum atomic E-state index is 12.5. The highest BCUT2D eigenvalue weighted by Crippen LogP contribution is 2.26. The molecule has 0 spiro atoms. The number of benzene rings is 2. The lowest BCUT2D eigenvalue weighted by atomic mass is 9.94. The van der Waals surface area contributed by atoms with Crippen LogP contribution in [0.25, 0.3) is 0 Å². The lowest BCUT2D eigenvalue weighted by molar-refractivity contribution is -0.129. The molecule has 0 fully saturated rings. The highest BCUT2D eigenvalue weighted by molar-refractivity contribution is 6.41. The lowest BCUT2D eigenvalue weighted by Gasteiger charge is -2.22. The fraction of sp³-hybridized carbons (Fsp3) is 0.517. The minimum atomic E-state index is -0.838. The number of rotatable bonds is 8. The molecular formula is C29H42O5. The molecule has 2 aromatic rings. The van der Waals surface area contributed by atoms with E-state index in [1.54, 1.807) is 0 Å². The van der Waals surface area contributed by atoms with Gasteiger partial charge in [-0.2, -0.15) is 0 Å². The first-order chi connectivity index (χ1) is 15.8. The Kier molecular flexibility index (Phi) is 11.6. The van der Waals surface area contributed by atoms with E-state index in [-0.39, 0.29) is 18.1 Å². The zero-order valence-corrected chi connectivity index (χ0v) is 22.3. The van der Waals surface area contributed by atoms with Crippen molar-refractivity contribution in [3.63, 3.8) is 0 Å². The largest absolute Gasteiger partial charge is 0.420 e. The molecule has 0 amide bonds. The van der Waals surface area contributed by atoms with Crippen LogP contribution in [0.4, 0.5) is 0 Å². The zero-order chi connectivity index (χ0) is 26.2. The van der Waals surface area contributed by atoms with Crippen LogP contribution in [-0.2, 0) is 4.79 Å². The second-order valence-corrected chi connectivity index (χ2v) is 9.41. The molecule has 0 saturated heterocycles. The monoisotopic (exact) mass is 470 g/mol. The Hall–Kier alpha value is -2.50. The van der Waals surface area contributed by atoms with Crippen LogP contribution in [0.5, 0.6) is 5.75 Å². The van der Waals surface area contributed by atoms with E-state index in [1.807, 2.05) is 86.6 Å². The maximum Gasteiger partial charge on any atom is 0.385 e. The van der Waals surface area contributed by atoms with E-state index < -0.39 is 11.8 Å². The van der Waals surface area contributed by atoms with E-state index in [4.69, 9.17) is 4.74 Å². The minimum absolute atomic E-state index is 0.0138. The molecule has 188 valence electrons. The van der Waals surface area contributed by atoms with Crippen molar-refractivity contribution in [3.8, 4) is 5.75 Å². The molecule has 0 bridgehead atoms. The van der Waals surface area contributed by atoms with E-state index in [1.165, 1.54) is 0 Å². The minimum Gasteiger partial charge on any atom is -0.420 e. The number of ketones is 1. The first-order valence-corrected chi connectivity index (χ1v) is 12.1. The summed E-state index contributed by atoms with van der Waals surface area (Å²) in [7, 11) is 0. The van der Waals surface area contributed by atoms with Crippen molar-refractivity contribution < 1.29 is 24.5 Å². The smallest absolute Gasteiger partial charge is 0.385 e. The zero-order valence-electron chi connectivity index (χ0n) is 22.3. The number of hydrogen-bond acceptors (Lipinski definition) is 5. The average molecular weight is 471 g/mol. The van der Waals surface area contributed by atoms with Gasteiger partial charge in [0.05, 0.1) is 12.2 Å². The van der Waals surface area contributed by atoms with Gasteiger partial charge in [0.1, 0.15) is 5.75 Å². The van der Waals surface area contributed by atoms with Crippen LogP contribution < -0.4 is 4.74 Å². The van der Waals surface area contributed by atoms with Crippen LogP contribution in [0.15, 0.2) is 24.3 Å². The molecular weight excluding hydrogens is 428 g/mol. The Morgan fingerprint density at radius 3 is 1.65 bits per heavy atom. The molecule has 2 aromatic carbocycles. The molecule has 3 unspecified atom stereocenters. The molecule has 0 saturated carbocycles. The third-order valence-corrected chi connectivity index (χ3v) is 6.11. The van der Waals surface area contributed by atoms with Crippen molar-refractivity contribution in [1.29, 1.82) is 0 Å². The highest BCUT2D eigenvalue weighted by Gasteiger charge is 2.24. The Morgan fingerprint density at radius 2 is 1.24 bits per heavy atom. The molecule has 5 nitrogen and oxygen atoms in total. The highest BCUT2D eigenvalue weighted by atomic mass is 16.5. The number of Topliss-reactive ketones (excluding diaryl/α,β-unsaturated/α-hetero) is 1. The second kappa shape index (κ2) is 13.4. The third kappa shape index (κ3) is 8.07. The van der Waals surface area contributed by atoms with E-state index in [0.717, 1.165) is 52.6 Å². The standard InChI is InChI=1S/C20H22O3.C9H20O2/c1-11-7-13(3)17(14(4)8-11)18(21)20(22)23-19-15(5)9-12(2)10-16(19)6;1-4-6-9(11)7(3)8(10)5-2/h7-10H,1-6H3;7-11H,4-6H2,1-3H3. The Bertz CT molecular complexity index is 946. The summed E-state index contributed by atoms with van der Waals surface area (Å²) in [6.45, 7) is 17.2. The predicted molar refractivity (Wildman–Crippen MR) is 138 cm³/mol. The van der Waals surface area contributed by atoms with Gasteiger partial charge >= 0.3 is 5.97 Å². The van der Waals surface area contributed by atoms with Gasteiger partial charge in [-0.25, -0.2) is 4.79 Å². The van der Waals surface area contributed by atoms with Crippen molar-refractivity contribution in [3.05, 3.63) is 63.2 Å². The number of esters is 1. The van der Waals surface area contributed by atoms with Gasteiger partial charge in [0, 0.05) is 11.5 Å². The lowest BCUT2D eigenvalue weighted by Crippen LogP contribution is -2.28. The van der Waals surface area contributed by atoms with Crippen LogP contribution >= 0.6 is 0 Å². The number of aliphatic hydroxyl groups excluding tert-OH is 2. The molecule has 0 aromatic heterocycles. The second-order valence-electron chi connectivity index (χ2n) is 9.41. The SMILES string of the molecule is CCCC(O)C(C)C(O)CC.Cc1cc(C)c(OC(=O)C(=O)c2c(C)cc(C)cc2C)c(C)c1. The van der Waals surface area contributed by atoms with Crippen molar-refractivity contribution in [2.75, 3.05) is 0 Å². The van der Waals surface area contributed by atoms with E-state index >= 15 is 0 Å². The van der Waals surface area contributed by atoms with Gasteiger partial charge in [-0.3, -0.25) is 4.79 Å². The molecule has 2 rings (SSSR count). The normalized spacial score (nSPS) is 13.4. The number of aryl methyl sites for hydroxylation is 6. The van der Waals surface area contributed by atoms with E-state index in [9.17, 15) is 19.8 Å². The first-order valence-electron chi connectivity index (χ1n) is 12.1. The summed E-state index contributed by atoms with van der Waals surface area (Å²) in [5, 5.41) is 18.8. The summed E-state index contributed by atoms with van der Waals surface area (Å²) in [6.07, 6.45) is 1.80. The molecule has 2 N–H and O–H groups in total. The van der Waals surface area contributed by atoms with Gasteiger partial charge in [0.15, 0.2) is 0 Å². The van der Waals surface area contributed by atoms with Gasteiger partial charge < -0.3 is 14.9 Å². The summed E-state index contributed by atoms with van der Waals surface area (Å²) in [6, 6.07) is 7.66. The van der Waals surface area contributed by atoms with Gasteiger partial charge in [-0.15, -0.1) is 0 Å². The number of ether oxygens (including phenoxy) is 1. The summed E-state index contributed by atoms with van der Waals surface area (Å²) in [5.74, 6) is -0.953. The molecule has 0 aliphatic carbocycles. The molecule has 0 aliphatic rings. The van der Waals surface area contributed by atoms with Crippen LogP contribution in [0.1, 0.15) is 83.8 Å². The van der Waals surface area contributed by atoms with Crippen LogP contribution in [0, 0.1) is 47.5 Å². The fourth-order valence-corrected chi connectivity index (χ4v) is 4.29. The van der Waals surface area contributed by atoms with Gasteiger partial charge in [-0.1, -0.05) is 62.6 Å². The Labute approximate surface area is 205 Å². The van der Waals surface area contributed by atoms with Crippen LogP contribution in [0.3, 0.4) is 0 Å². The number of carbonyl (C=O) groups is 2. The summed E-state index contributed by atoms with van der Waals surface area (Å²) in [4.78, 5) is 24.8. The molecule has 5 heteroatoms. The number of carbonyl (C=O) groups excluding carboxylic acids is 2. The van der Waals surface area contributed by atoms with E-state index in [2.05, 4.69) is 0 Å². The summed E-state index contributed by atoms with van der Waals surface area (Å²) in [5.41, 5.74) is 5.88. The van der Waals surface area contributed by atoms with Gasteiger partial charge in [0.2, 0.25) is 0 Å². The summed E-state index contributed by atoms with van der Waals surface area (Å²) < 4.78 is 5.40. The molecule has 34 heavy (non-hydrogen) atoms. The van der Waals surface area contributed by atoms with Gasteiger partial charge in [-0.05, 0) is 76.6 Å². The number of aliphatic hydroxyl groups is 2. The fourth-order valence-electron chi connectivity index (χ4n) is 4.29. The quantitative estimate of drug-likeness (QED) is 0.218. The maximum absolute atomic E-state index is 12.5. The molecule has 0 radical (unpaired) electrons. The van der Waals surface area contributed by atoms with Crippen molar-refractivity contribution in [2.45, 2.75) is 93.8 Å². The van der Waals surface area contributed by atoms with E-state index in [0.29, 0.717) is 11.3 Å². The number of hydrogen-bond donors (Lipinski definition) is 2. The van der Waals surface area contributed by atoms with Crippen LogP contribution in [0.2, 0.25) is 0 Å². The van der Waals surface area contributed by atoms with Crippen molar-refractivity contribution >= 4 is 11.8 Å².